The van der Waals surface area contributed by atoms with Crippen LogP contribution >= 0.6 is 0 Å². The van der Waals surface area contributed by atoms with Gasteiger partial charge in [0.1, 0.15) is 5.82 Å². The fourth-order valence-electron chi connectivity index (χ4n) is 5.28. The minimum atomic E-state index is 0.891. The minimum absolute atomic E-state index is 0.891. The van der Waals surface area contributed by atoms with Crippen LogP contribution in [0.15, 0.2) is 152 Å². The highest BCUT2D eigenvalue weighted by atomic mass is 15.2. The number of anilines is 3. The first-order valence-corrected chi connectivity index (χ1v) is 12.8. The third-order valence-corrected chi connectivity index (χ3v) is 7.06. The third kappa shape index (κ3) is 3.82. The molecule has 0 saturated carbocycles. The van der Waals surface area contributed by atoms with E-state index in [0.29, 0.717) is 0 Å². The lowest BCUT2D eigenvalue weighted by Crippen LogP contribution is -2.11. The normalized spacial score (nSPS) is 11.2. The first kappa shape index (κ1) is 22.1. The number of pyridine rings is 1. The quantitative estimate of drug-likeness (QED) is 0.241. The molecule has 2 heterocycles. The molecule has 7 aromatic rings. The summed E-state index contributed by atoms with van der Waals surface area (Å²) in [7, 11) is 0. The van der Waals surface area contributed by atoms with E-state index in [2.05, 4.69) is 136 Å². The van der Waals surface area contributed by atoms with E-state index < -0.39 is 0 Å². The zero-order chi connectivity index (χ0) is 25.3. The Morgan fingerprint density at radius 2 is 0.974 bits per heavy atom. The number of para-hydroxylation sites is 3. The predicted molar refractivity (Wildman–Crippen MR) is 159 cm³/mol. The summed E-state index contributed by atoms with van der Waals surface area (Å²) in [6.07, 6.45) is 1.83. The van der Waals surface area contributed by atoms with Crippen molar-refractivity contribution in [2.75, 3.05) is 4.90 Å². The van der Waals surface area contributed by atoms with E-state index in [-0.39, 0.29) is 0 Å². The second-order valence-corrected chi connectivity index (χ2v) is 9.32. The summed E-state index contributed by atoms with van der Waals surface area (Å²) in [6.45, 7) is 0. The Bertz CT molecular complexity index is 1740. The first-order valence-electron chi connectivity index (χ1n) is 12.8. The van der Waals surface area contributed by atoms with Crippen molar-refractivity contribution >= 4 is 39.0 Å². The smallest absolute Gasteiger partial charge is 0.137 e. The maximum Gasteiger partial charge on any atom is 0.137 e. The summed E-state index contributed by atoms with van der Waals surface area (Å²) in [5, 5.41) is 2.55. The Morgan fingerprint density at radius 1 is 0.447 bits per heavy atom. The molecule has 3 nitrogen and oxygen atoms in total. The number of hydrogen-bond donors (Lipinski definition) is 0. The summed E-state index contributed by atoms with van der Waals surface area (Å²) in [5.74, 6) is 0.891. The van der Waals surface area contributed by atoms with E-state index in [1.54, 1.807) is 0 Å². The van der Waals surface area contributed by atoms with E-state index in [4.69, 9.17) is 0 Å². The number of fused-ring (bicyclic) bond motifs is 3. The van der Waals surface area contributed by atoms with Crippen molar-refractivity contribution in [3.05, 3.63) is 152 Å². The average molecular weight is 488 g/mol. The standard InChI is InChI=1S/C35H25N3/c1-2-10-28(11-3-1)37(35-16-8-9-25-36-35)29-21-17-26(18-22-29)27-19-23-30(24-20-27)38-33-14-6-4-12-31(33)32-13-5-7-15-34(32)38/h1-25H. The van der Waals surface area contributed by atoms with E-state index in [1.807, 2.05) is 30.5 Å². The molecule has 0 saturated heterocycles. The maximum atomic E-state index is 4.61. The molecule has 0 atom stereocenters. The Labute approximate surface area is 221 Å². The molecule has 0 unspecified atom stereocenters. The third-order valence-electron chi connectivity index (χ3n) is 7.06. The lowest BCUT2D eigenvalue weighted by Gasteiger charge is -2.24. The Morgan fingerprint density at radius 3 is 1.58 bits per heavy atom. The van der Waals surface area contributed by atoms with Gasteiger partial charge >= 0.3 is 0 Å². The zero-order valence-electron chi connectivity index (χ0n) is 20.8. The van der Waals surface area contributed by atoms with E-state index in [1.165, 1.54) is 32.9 Å². The minimum Gasteiger partial charge on any atom is -0.309 e. The van der Waals surface area contributed by atoms with Gasteiger partial charge in [-0.1, -0.05) is 84.9 Å². The largest absolute Gasteiger partial charge is 0.309 e. The van der Waals surface area contributed by atoms with Gasteiger partial charge in [0.05, 0.1) is 11.0 Å². The molecule has 0 aliphatic rings. The van der Waals surface area contributed by atoms with Crippen molar-refractivity contribution in [3.8, 4) is 16.8 Å². The van der Waals surface area contributed by atoms with Gasteiger partial charge in [0, 0.05) is 34.0 Å². The van der Waals surface area contributed by atoms with Crippen LogP contribution in [0.1, 0.15) is 0 Å². The van der Waals surface area contributed by atoms with Crippen molar-refractivity contribution < 1.29 is 0 Å². The summed E-state index contributed by atoms with van der Waals surface area (Å²) < 4.78 is 2.35. The molecule has 0 radical (unpaired) electrons. The van der Waals surface area contributed by atoms with Crippen LogP contribution in [0, 0.1) is 0 Å². The summed E-state index contributed by atoms with van der Waals surface area (Å²) >= 11 is 0. The molecule has 180 valence electrons. The van der Waals surface area contributed by atoms with Crippen molar-refractivity contribution in [2.45, 2.75) is 0 Å². The van der Waals surface area contributed by atoms with Crippen LogP contribution in [0.5, 0.6) is 0 Å². The fraction of sp³-hybridized carbons (Fsp3) is 0. The van der Waals surface area contributed by atoms with Gasteiger partial charge < -0.3 is 4.57 Å². The van der Waals surface area contributed by atoms with Crippen LogP contribution < -0.4 is 4.90 Å². The fourth-order valence-corrected chi connectivity index (χ4v) is 5.28. The highest BCUT2D eigenvalue weighted by Crippen LogP contribution is 2.35. The number of aromatic nitrogens is 2. The molecule has 0 bridgehead atoms. The zero-order valence-corrected chi connectivity index (χ0v) is 20.8. The van der Waals surface area contributed by atoms with Crippen molar-refractivity contribution in [3.63, 3.8) is 0 Å². The van der Waals surface area contributed by atoms with E-state index in [0.717, 1.165) is 22.9 Å². The van der Waals surface area contributed by atoms with E-state index in [9.17, 15) is 0 Å². The molecule has 38 heavy (non-hydrogen) atoms. The number of benzene rings is 5. The topological polar surface area (TPSA) is 21.1 Å². The molecule has 0 fully saturated rings. The SMILES string of the molecule is c1ccc(N(c2ccc(-c3ccc(-n4c5ccccc5c5ccccc54)cc3)cc2)c2ccccn2)cc1. The molecule has 0 aliphatic carbocycles. The molecule has 0 aliphatic heterocycles. The maximum absolute atomic E-state index is 4.61. The Balaban J connectivity index is 1.24. The molecule has 7 rings (SSSR count). The molecular weight excluding hydrogens is 462 g/mol. The van der Waals surface area contributed by atoms with Crippen molar-refractivity contribution in [1.82, 2.24) is 9.55 Å². The lowest BCUT2D eigenvalue weighted by atomic mass is 10.0. The number of rotatable bonds is 5. The van der Waals surface area contributed by atoms with E-state index >= 15 is 0 Å². The highest BCUT2D eigenvalue weighted by molar-refractivity contribution is 6.09. The van der Waals surface area contributed by atoms with Crippen LogP contribution in [0.3, 0.4) is 0 Å². The van der Waals surface area contributed by atoms with Crippen LogP contribution in [-0.4, -0.2) is 9.55 Å². The van der Waals surface area contributed by atoms with Gasteiger partial charge in [-0.15, -0.1) is 0 Å². The van der Waals surface area contributed by atoms with Crippen molar-refractivity contribution in [1.29, 1.82) is 0 Å². The second-order valence-electron chi connectivity index (χ2n) is 9.32. The monoisotopic (exact) mass is 487 g/mol. The first-order chi connectivity index (χ1) is 18.9. The highest BCUT2D eigenvalue weighted by Gasteiger charge is 2.14. The molecule has 5 aromatic carbocycles. The van der Waals surface area contributed by atoms with Gasteiger partial charge in [-0.05, 0) is 71.8 Å². The predicted octanol–water partition coefficient (Wildman–Crippen LogP) is 9.32. The van der Waals surface area contributed by atoms with Crippen molar-refractivity contribution in [2.24, 2.45) is 0 Å². The molecular formula is C35H25N3. The second kappa shape index (κ2) is 9.38. The van der Waals surface area contributed by atoms with Gasteiger partial charge in [0.15, 0.2) is 0 Å². The van der Waals surface area contributed by atoms with Gasteiger partial charge in [-0.2, -0.15) is 0 Å². The summed E-state index contributed by atoms with van der Waals surface area (Å²) in [6, 6.07) is 51.1. The lowest BCUT2D eigenvalue weighted by molar-refractivity contribution is 1.18. The van der Waals surface area contributed by atoms with Gasteiger partial charge in [-0.3, -0.25) is 4.90 Å². The molecule has 3 heteroatoms. The summed E-state index contributed by atoms with van der Waals surface area (Å²) in [4.78, 5) is 6.79. The van der Waals surface area contributed by atoms with Gasteiger partial charge in [0.2, 0.25) is 0 Å². The van der Waals surface area contributed by atoms with Crippen LogP contribution in [0.2, 0.25) is 0 Å². The van der Waals surface area contributed by atoms with Crippen LogP contribution in [0.4, 0.5) is 17.2 Å². The molecule has 2 aromatic heterocycles. The van der Waals surface area contributed by atoms with Crippen LogP contribution in [-0.2, 0) is 0 Å². The van der Waals surface area contributed by atoms with Gasteiger partial charge in [-0.25, -0.2) is 4.98 Å². The average Bonchev–Trinajstić information content (AvgIpc) is 3.33. The Kier molecular flexibility index (Phi) is 5.45. The van der Waals surface area contributed by atoms with Gasteiger partial charge in [0.25, 0.3) is 0 Å². The Hall–Kier alpha value is -5.15. The molecule has 0 N–H and O–H groups in total. The molecule has 0 amide bonds. The molecule has 0 spiro atoms. The summed E-state index contributed by atoms with van der Waals surface area (Å²) in [5.41, 5.74) is 8.12. The number of hydrogen-bond acceptors (Lipinski definition) is 2. The van der Waals surface area contributed by atoms with Crippen LogP contribution in [0.25, 0.3) is 38.6 Å². The number of nitrogens with zero attached hydrogens (tertiary/aromatic N) is 3.